The highest BCUT2D eigenvalue weighted by Crippen LogP contribution is 2.49. The summed E-state index contributed by atoms with van der Waals surface area (Å²) in [4.78, 5) is 4.73. The third-order valence-electron chi connectivity index (χ3n) is 16.0. The van der Waals surface area contributed by atoms with E-state index in [1.807, 2.05) is 12.1 Å². The van der Waals surface area contributed by atoms with Crippen LogP contribution in [-0.4, -0.2) is 8.80 Å². The highest BCUT2D eigenvalue weighted by Gasteiger charge is 2.26. The molecular weight excluding hydrogens is 905 g/mol. The molecular formula is C68H42N4O2. The normalized spacial score (nSPS) is 12.5. The van der Waals surface area contributed by atoms with Crippen molar-refractivity contribution in [3.63, 3.8) is 0 Å². The minimum atomic E-state index is 0.868. The molecule has 0 bridgehead atoms. The van der Waals surface area contributed by atoms with Crippen molar-refractivity contribution in [2.24, 2.45) is 0 Å². The number of para-hydroxylation sites is 6. The first-order valence-corrected chi connectivity index (χ1v) is 25.4. The highest BCUT2D eigenvalue weighted by atomic mass is 16.3. The zero-order valence-corrected chi connectivity index (χ0v) is 40.4. The summed E-state index contributed by atoms with van der Waals surface area (Å²) in [6.45, 7) is 4.32. The van der Waals surface area contributed by atoms with Gasteiger partial charge in [-0.05, 0) is 110 Å². The van der Waals surface area contributed by atoms with E-state index in [2.05, 4.69) is 239 Å². The predicted molar refractivity (Wildman–Crippen MR) is 309 cm³/mol. The number of rotatable bonds is 6. The van der Waals surface area contributed by atoms with Gasteiger partial charge in [0, 0.05) is 87.4 Å². The molecule has 6 nitrogen and oxygen atoms in total. The molecule has 0 spiro atoms. The number of aromatic nitrogens is 2. The van der Waals surface area contributed by atoms with Crippen molar-refractivity contribution < 1.29 is 8.83 Å². The monoisotopic (exact) mass is 946 g/mol. The fraction of sp³-hybridized carbons (Fsp3) is 0.0294. The van der Waals surface area contributed by atoms with E-state index >= 15 is 0 Å². The summed E-state index contributed by atoms with van der Waals surface area (Å²) >= 11 is 0. The van der Waals surface area contributed by atoms with E-state index < -0.39 is 0 Å². The van der Waals surface area contributed by atoms with Crippen LogP contribution in [0.2, 0.25) is 0 Å². The summed E-state index contributed by atoms with van der Waals surface area (Å²) in [6, 6.07) is 79.8. The first kappa shape index (κ1) is 39.9. The number of furan rings is 2. The Morgan fingerprint density at radius 1 is 0.284 bits per heavy atom. The molecule has 0 radical (unpaired) electrons. The zero-order valence-electron chi connectivity index (χ0n) is 40.4. The molecule has 17 rings (SSSR count). The quantitative estimate of drug-likeness (QED) is 0.167. The maximum atomic E-state index is 6.72. The number of nitrogens with zero attached hydrogens (tertiary/aromatic N) is 4. The summed E-state index contributed by atoms with van der Waals surface area (Å²) < 4.78 is 18.5. The highest BCUT2D eigenvalue weighted by molar-refractivity contribution is 6.29. The standard InChI is InChI=1S/C68H42N4O2/c1-39-13-7-15-41(33-39)69(57-25-11-23-53-47-17-3-5-27-63(47)73-67(53)57)43-29-31-45-49-19-9-21-51-55-38-62-56(37-61(55)71(65(49)51)59(45)35-43)52-22-10-20-50-46-32-30-44(36-60(46)72(62)66(50)52)70(42-16-8-14-40(2)34-42)58-26-12-24-54-48-18-4-6-28-64(48)74-68(54)58/h3-38H,1-2H3. The van der Waals surface area contributed by atoms with Crippen LogP contribution in [0.5, 0.6) is 0 Å². The number of hydrogen-bond donors (Lipinski definition) is 0. The molecule has 0 N–H and O–H groups in total. The number of fused-ring (bicyclic) bond motifs is 18. The maximum Gasteiger partial charge on any atom is 0.159 e. The summed E-state index contributed by atoms with van der Waals surface area (Å²) in [7, 11) is 0. The van der Waals surface area contributed by atoms with Crippen molar-refractivity contribution in [1.29, 1.82) is 0 Å². The van der Waals surface area contributed by atoms with Crippen molar-refractivity contribution >= 4 is 154 Å². The van der Waals surface area contributed by atoms with Crippen molar-refractivity contribution in [3.8, 4) is 0 Å². The van der Waals surface area contributed by atoms with Gasteiger partial charge in [-0.2, -0.15) is 0 Å². The van der Waals surface area contributed by atoms with E-state index in [-0.39, 0.29) is 0 Å². The second-order valence-electron chi connectivity index (χ2n) is 20.2. The average molecular weight is 947 g/mol. The van der Waals surface area contributed by atoms with Crippen molar-refractivity contribution in [1.82, 2.24) is 8.80 Å². The first-order valence-electron chi connectivity index (χ1n) is 25.4. The lowest BCUT2D eigenvalue weighted by Gasteiger charge is -2.26. The smallest absolute Gasteiger partial charge is 0.159 e. The Morgan fingerprint density at radius 3 is 1.11 bits per heavy atom. The number of benzene rings is 11. The molecule has 346 valence electrons. The Morgan fingerprint density at radius 2 is 0.649 bits per heavy atom. The van der Waals surface area contributed by atoms with Crippen LogP contribution in [0.4, 0.5) is 34.1 Å². The summed E-state index contributed by atoms with van der Waals surface area (Å²) in [6.07, 6.45) is 0. The molecule has 17 aromatic rings. The van der Waals surface area contributed by atoms with Gasteiger partial charge in [0.1, 0.15) is 11.2 Å². The van der Waals surface area contributed by atoms with Gasteiger partial charge in [-0.3, -0.25) is 0 Å². The molecule has 0 saturated heterocycles. The number of aryl methyl sites for hydroxylation is 2. The van der Waals surface area contributed by atoms with E-state index in [0.29, 0.717) is 0 Å². The molecule has 0 atom stereocenters. The third-order valence-corrected chi connectivity index (χ3v) is 16.0. The van der Waals surface area contributed by atoms with E-state index in [9.17, 15) is 0 Å². The van der Waals surface area contributed by atoms with Gasteiger partial charge in [0.2, 0.25) is 0 Å². The van der Waals surface area contributed by atoms with E-state index in [1.54, 1.807) is 0 Å². The fourth-order valence-electron chi connectivity index (χ4n) is 12.9. The molecule has 0 aliphatic carbocycles. The van der Waals surface area contributed by atoms with Crippen molar-refractivity contribution in [2.45, 2.75) is 13.8 Å². The lowest BCUT2D eigenvalue weighted by molar-refractivity contribution is 0.668. The summed E-state index contributed by atoms with van der Waals surface area (Å²) in [5.41, 5.74) is 19.4. The Bertz CT molecular complexity index is 4880. The van der Waals surface area contributed by atoms with Gasteiger partial charge in [0.05, 0.1) is 44.5 Å². The molecule has 0 aliphatic heterocycles. The van der Waals surface area contributed by atoms with Gasteiger partial charge in [0.15, 0.2) is 11.2 Å². The minimum Gasteiger partial charge on any atom is -0.454 e. The molecule has 6 aromatic heterocycles. The van der Waals surface area contributed by atoms with E-state index in [0.717, 1.165) is 78.0 Å². The van der Waals surface area contributed by atoms with Gasteiger partial charge < -0.3 is 27.4 Å². The molecule has 0 saturated carbocycles. The topological polar surface area (TPSA) is 41.6 Å². The van der Waals surface area contributed by atoms with E-state index in [4.69, 9.17) is 8.83 Å². The van der Waals surface area contributed by atoms with Gasteiger partial charge in [-0.25, -0.2) is 0 Å². The Kier molecular flexibility index (Phi) is 7.78. The molecule has 11 aromatic carbocycles. The van der Waals surface area contributed by atoms with Crippen LogP contribution in [0.25, 0.3) is 120 Å². The van der Waals surface area contributed by atoms with Crippen LogP contribution in [0.15, 0.2) is 227 Å². The Balaban J connectivity index is 0.909. The lowest BCUT2D eigenvalue weighted by atomic mass is 10.0. The van der Waals surface area contributed by atoms with Crippen LogP contribution < -0.4 is 9.80 Å². The number of anilines is 6. The van der Waals surface area contributed by atoms with Crippen LogP contribution in [-0.2, 0) is 0 Å². The largest absolute Gasteiger partial charge is 0.454 e. The SMILES string of the molecule is Cc1cccc(N(c2ccc3c4cccc5c6cc7c(cc6n(c3c2)c45)c2cccc3c4ccc(N(c5cccc(C)c5)c5cccc6c5oc5ccccc56)cc4n7c32)c2cccc3c2oc2ccccc23)c1. The van der Waals surface area contributed by atoms with Gasteiger partial charge in [0.25, 0.3) is 0 Å². The molecule has 6 heterocycles. The fourth-order valence-corrected chi connectivity index (χ4v) is 12.9. The third kappa shape index (κ3) is 5.28. The summed E-state index contributed by atoms with van der Waals surface area (Å²) in [5.74, 6) is 0. The maximum absolute atomic E-state index is 6.72. The molecule has 0 amide bonds. The van der Waals surface area contributed by atoms with E-state index in [1.165, 1.54) is 87.3 Å². The second-order valence-corrected chi connectivity index (χ2v) is 20.2. The Hall–Kier alpha value is -9.78. The zero-order chi connectivity index (χ0) is 48.5. The van der Waals surface area contributed by atoms with Crippen molar-refractivity contribution in [3.05, 3.63) is 230 Å². The summed E-state index contributed by atoms with van der Waals surface area (Å²) in [5, 5.41) is 14.3. The van der Waals surface area contributed by atoms with Gasteiger partial charge >= 0.3 is 0 Å². The lowest BCUT2D eigenvalue weighted by Crippen LogP contribution is -2.10. The molecule has 0 aliphatic rings. The first-order chi connectivity index (χ1) is 36.5. The molecule has 0 fully saturated rings. The minimum absolute atomic E-state index is 0.868. The second kappa shape index (κ2) is 14.4. The molecule has 0 unspecified atom stereocenters. The van der Waals surface area contributed by atoms with Gasteiger partial charge in [-0.15, -0.1) is 0 Å². The van der Waals surface area contributed by atoms with Gasteiger partial charge in [-0.1, -0.05) is 133 Å². The van der Waals surface area contributed by atoms with Crippen LogP contribution in [0.1, 0.15) is 11.1 Å². The molecule has 6 heteroatoms. The van der Waals surface area contributed by atoms with Crippen LogP contribution in [0, 0.1) is 13.8 Å². The predicted octanol–water partition coefficient (Wildman–Crippen LogP) is 19.3. The van der Waals surface area contributed by atoms with Crippen LogP contribution in [0.3, 0.4) is 0 Å². The van der Waals surface area contributed by atoms with Crippen molar-refractivity contribution in [2.75, 3.05) is 9.80 Å². The average Bonchev–Trinajstić information content (AvgIpc) is 4.28. The molecule has 74 heavy (non-hydrogen) atoms. The Labute approximate surface area is 423 Å². The number of hydrogen-bond acceptors (Lipinski definition) is 4. The van der Waals surface area contributed by atoms with Crippen LogP contribution >= 0.6 is 0 Å².